The van der Waals surface area contributed by atoms with Gasteiger partial charge in [0.15, 0.2) is 0 Å². The van der Waals surface area contributed by atoms with Gasteiger partial charge in [-0.25, -0.2) is 4.98 Å². The molecule has 0 spiro atoms. The molecule has 4 heteroatoms. The van der Waals surface area contributed by atoms with Crippen LogP contribution >= 0.6 is 11.6 Å². The van der Waals surface area contributed by atoms with Crippen molar-refractivity contribution in [2.24, 2.45) is 5.92 Å². The Morgan fingerprint density at radius 1 is 1.29 bits per heavy atom. The third-order valence-corrected chi connectivity index (χ3v) is 3.09. The third-order valence-electron chi connectivity index (χ3n) is 2.85. The SMILES string of the molecule is O=C(Nc1ccc2cc(Cl)ccc2n1)C1CC1. The molecule has 1 heterocycles. The summed E-state index contributed by atoms with van der Waals surface area (Å²) >= 11 is 5.90. The van der Waals surface area contributed by atoms with Crippen LogP contribution in [-0.2, 0) is 4.79 Å². The normalized spacial score (nSPS) is 14.9. The number of fused-ring (bicyclic) bond motifs is 1. The number of hydrogen-bond acceptors (Lipinski definition) is 2. The van der Waals surface area contributed by atoms with Crippen LogP contribution in [0.15, 0.2) is 30.3 Å². The molecule has 3 rings (SSSR count). The van der Waals surface area contributed by atoms with E-state index in [1.165, 1.54) is 0 Å². The van der Waals surface area contributed by atoms with Crippen molar-refractivity contribution in [1.29, 1.82) is 0 Å². The number of hydrogen-bond donors (Lipinski definition) is 1. The molecule has 1 aliphatic carbocycles. The number of carbonyl (C=O) groups is 1. The molecule has 1 N–H and O–H groups in total. The Labute approximate surface area is 104 Å². The van der Waals surface area contributed by atoms with E-state index in [4.69, 9.17) is 11.6 Å². The first-order valence-electron chi connectivity index (χ1n) is 5.59. The summed E-state index contributed by atoms with van der Waals surface area (Å²) in [5.41, 5.74) is 0.836. The second-order valence-corrected chi connectivity index (χ2v) is 4.73. The number of carbonyl (C=O) groups excluding carboxylic acids is 1. The van der Waals surface area contributed by atoms with Gasteiger partial charge in [0.05, 0.1) is 5.52 Å². The zero-order valence-corrected chi connectivity index (χ0v) is 9.87. The largest absolute Gasteiger partial charge is 0.310 e. The highest BCUT2D eigenvalue weighted by atomic mass is 35.5. The van der Waals surface area contributed by atoms with Crippen molar-refractivity contribution in [3.8, 4) is 0 Å². The lowest BCUT2D eigenvalue weighted by atomic mass is 10.2. The lowest BCUT2D eigenvalue weighted by Crippen LogP contribution is -2.14. The zero-order valence-electron chi connectivity index (χ0n) is 9.11. The fourth-order valence-electron chi connectivity index (χ4n) is 1.74. The average molecular weight is 247 g/mol. The molecule has 0 aliphatic heterocycles. The smallest absolute Gasteiger partial charge is 0.228 e. The first kappa shape index (κ1) is 10.5. The van der Waals surface area contributed by atoms with Crippen LogP contribution in [0.1, 0.15) is 12.8 Å². The van der Waals surface area contributed by atoms with Crippen molar-refractivity contribution >= 4 is 34.2 Å². The van der Waals surface area contributed by atoms with Crippen molar-refractivity contribution in [1.82, 2.24) is 4.98 Å². The van der Waals surface area contributed by atoms with Gasteiger partial charge in [0.2, 0.25) is 5.91 Å². The Morgan fingerprint density at radius 2 is 2.12 bits per heavy atom. The molecule has 2 aromatic rings. The van der Waals surface area contributed by atoms with Crippen LogP contribution in [0.25, 0.3) is 10.9 Å². The molecule has 1 amide bonds. The van der Waals surface area contributed by atoms with Crippen molar-refractivity contribution < 1.29 is 4.79 Å². The molecule has 0 bridgehead atoms. The van der Waals surface area contributed by atoms with Crippen molar-refractivity contribution in [3.05, 3.63) is 35.4 Å². The molecule has 1 aromatic carbocycles. The van der Waals surface area contributed by atoms with E-state index in [1.807, 2.05) is 18.2 Å². The first-order chi connectivity index (χ1) is 8.22. The highest BCUT2D eigenvalue weighted by Crippen LogP contribution is 2.30. The van der Waals surface area contributed by atoms with Gasteiger partial charge in [-0.3, -0.25) is 4.79 Å². The summed E-state index contributed by atoms with van der Waals surface area (Å²) in [5.74, 6) is 0.875. The summed E-state index contributed by atoms with van der Waals surface area (Å²) in [6, 6.07) is 9.22. The third kappa shape index (κ3) is 2.24. The number of nitrogens with zero attached hydrogens (tertiary/aromatic N) is 1. The van der Waals surface area contributed by atoms with Gasteiger partial charge in [0, 0.05) is 16.3 Å². The number of amides is 1. The Hall–Kier alpha value is -1.61. The van der Waals surface area contributed by atoms with Gasteiger partial charge in [-0.15, -0.1) is 0 Å². The lowest BCUT2D eigenvalue weighted by molar-refractivity contribution is -0.117. The Kier molecular flexibility index (Phi) is 2.48. The quantitative estimate of drug-likeness (QED) is 0.884. The minimum absolute atomic E-state index is 0.0748. The summed E-state index contributed by atoms with van der Waals surface area (Å²) in [7, 11) is 0. The van der Waals surface area contributed by atoms with E-state index in [-0.39, 0.29) is 11.8 Å². The van der Waals surface area contributed by atoms with E-state index in [0.29, 0.717) is 10.8 Å². The number of pyridine rings is 1. The Balaban J connectivity index is 1.90. The van der Waals surface area contributed by atoms with E-state index in [2.05, 4.69) is 10.3 Å². The minimum Gasteiger partial charge on any atom is -0.310 e. The Bertz CT molecular complexity index is 593. The molecular formula is C13H11ClN2O. The summed E-state index contributed by atoms with van der Waals surface area (Å²) in [5, 5.41) is 4.49. The zero-order chi connectivity index (χ0) is 11.8. The van der Waals surface area contributed by atoms with Crippen LogP contribution in [0.4, 0.5) is 5.82 Å². The summed E-state index contributed by atoms with van der Waals surface area (Å²) in [6.45, 7) is 0. The number of nitrogens with one attached hydrogen (secondary N) is 1. The summed E-state index contributed by atoms with van der Waals surface area (Å²) < 4.78 is 0. The maximum atomic E-state index is 11.6. The molecule has 86 valence electrons. The fraction of sp³-hybridized carbons (Fsp3) is 0.231. The van der Waals surface area contributed by atoms with Crippen molar-refractivity contribution in [2.45, 2.75) is 12.8 Å². The summed E-state index contributed by atoms with van der Waals surface area (Å²) in [6.07, 6.45) is 1.99. The monoisotopic (exact) mass is 246 g/mol. The van der Waals surface area contributed by atoms with Crippen molar-refractivity contribution in [2.75, 3.05) is 5.32 Å². The molecule has 1 saturated carbocycles. The predicted octanol–water partition coefficient (Wildman–Crippen LogP) is 3.24. The van der Waals surface area contributed by atoms with Gasteiger partial charge in [-0.1, -0.05) is 11.6 Å². The van der Waals surface area contributed by atoms with E-state index in [1.54, 1.807) is 12.1 Å². The molecule has 1 fully saturated rings. The van der Waals surface area contributed by atoms with Crippen LogP contribution in [0, 0.1) is 5.92 Å². The second kappa shape index (κ2) is 4.00. The molecule has 3 nitrogen and oxygen atoms in total. The summed E-state index contributed by atoms with van der Waals surface area (Å²) in [4.78, 5) is 16.0. The molecule has 17 heavy (non-hydrogen) atoms. The molecule has 1 aliphatic rings. The number of benzene rings is 1. The van der Waals surface area contributed by atoms with Crippen LogP contribution < -0.4 is 5.32 Å². The highest BCUT2D eigenvalue weighted by molar-refractivity contribution is 6.31. The first-order valence-corrected chi connectivity index (χ1v) is 5.97. The van der Waals surface area contributed by atoms with Crippen LogP contribution in [0.2, 0.25) is 5.02 Å². The fourth-order valence-corrected chi connectivity index (χ4v) is 1.92. The van der Waals surface area contributed by atoms with E-state index in [0.717, 1.165) is 23.7 Å². The molecule has 0 radical (unpaired) electrons. The van der Waals surface area contributed by atoms with Gasteiger partial charge in [-0.2, -0.15) is 0 Å². The topological polar surface area (TPSA) is 42.0 Å². The van der Waals surface area contributed by atoms with E-state index >= 15 is 0 Å². The van der Waals surface area contributed by atoms with Crippen LogP contribution in [0.3, 0.4) is 0 Å². The number of rotatable bonds is 2. The molecular weight excluding hydrogens is 236 g/mol. The van der Waals surface area contributed by atoms with E-state index < -0.39 is 0 Å². The van der Waals surface area contributed by atoms with Gasteiger partial charge >= 0.3 is 0 Å². The van der Waals surface area contributed by atoms with Gasteiger partial charge in [0.1, 0.15) is 5.82 Å². The van der Waals surface area contributed by atoms with Gasteiger partial charge < -0.3 is 5.32 Å². The molecule has 0 atom stereocenters. The van der Waals surface area contributed by atoms with Crippen molar-refractivity contribution in [3.63, 3.8) is 0 Å². The molecule has 0 saturated heterocycles. The average Bonchev–Trinajstić information content (AvgIpc) is 3.13. The molecule has 0 unspecified atom stereocenters. The minimum atomic E-state index is 0.0748. The van der Waals surface area contributed by atoms with Crippen LogP contribution in [-0.4, -0.2) is 10.9 Å². The maximum Gasteiger partial charge on any atom is 0.228 e. The number of aromatic nitrogens is 1. The predicted molar refractivity (Wildman–Crippen MR) is 68.1 cm³/mol. The number of halogens is 1. The number of anilines is 1. The second-order valence-electron chi connectivity index (χ2n) is 4.30. The lowest BCUT2D eigenvalue weighted by Gasteiger charge is -2.04. The molecule has 1 aromatic heterocycles. The highest BCUT2D eigenvalue weighted by Gasteiger charge is 2.29. The van der Waals surface area contributed by atoms with Gasteiger partial charge in [0.25, 0.3) is 0 Å². The maximum absolute atomic E-state index is 11.6. The van der Waals surface area contributed by atoms with Gasteiger partial charge in [-0.05, 0) is 43.2 Å². The Morgan fingerprint density at radius 3 is 2.88 bits per heavy atom. The van der Waals surface area contributed by atoms with Crippen LogP contribution in [0.5, 0.6) is 0 Å². The van der Waals surface area contributed by atoms with E-state index in [9.17, 15) is 4.79 Å². The standard InChI is InChI=1S/C13H11ClN2O/c14-10-4-5-11-9(7-10)3-6-12(15-11)16-13(17)8-1-2-8/h3-8H,1-2H2,(H,15,16,17).